The number of rotatable bonds is 4. The zero-order valence-corrected chi connectivity index (χ0v) is 13.0. The SMILES string of the molecule is COc1cc(OC)c(C(=O)C2CCCCC2)cc1Br. The van der Waals surface area contributed by atoms with Crippen molar-refractivity contribution < 1.29 is 14.3 Å². The normalized spacial score (nSPS) is 16.2. The molecule has 0 unspecified atom stereocenters. The summed E-state index contributed by atoms with van der Waals surface area (Å²) in [6.07, 6.45) is 5.52. The van der Waals surface area contributed by atoms with Crippen LogP contribution in [-0.2, 0) is 0 Å². The number of hydrogen-bond donors (Lipinski definition) is 0. The van der Waals surface area contributed by atoms with Gasteiger partial charge in [0, 0.05) is 12.0 Å². The van der Waals surface area contributed by atoms with Crippen molar-refractivity contribution in [1.29, 1.82) is 0 Å². The van der Waals surface area contributed by atoms with E-state index < -0.39 is 0 Å². The van der Waals surface area contributed by atoms with Crippen LogP contribution in [-0.4, -0.2) is 20.0 Å². The summed E-state index contributed by atoms with van der Waals surface area (Å²) in [5, 5.41) is 0. The molecule has 1 saturated carbocycles. The zero-order valence-electron chi connectivity index (χ0n) is 11.4. The Bertz CT molecular complexity index is 465. The summed E-state index contributed by atoms with van der Waals surface area (Å²) in [4.78, 5) is 12.6. The van der Waals surface area contributed by atoms with Crippen LogP contribution in [0.2, 0.25) is 0 Å². The second-order valence-electron chi connectivity index (χ2n) is 4.89. The van der Waals surface area contributed by atoms with Crippen molar-refractivity contribution in [3.63, 3.8) is 0 Å². The Morgan fingerprint density at radius 1 is 1.11 bits per heavy atom. The summed E-state index contributed by atoms with van der Waals surface area (Å²) in [6, 6.07) is 3.58. The summed E-state index contributed by atoms with van der Waals surface area (Å²) in [5.74, 6) is 1.61. The predicted octanol–water partition coefficient (Wildman–Crippen LogP) is 4.23. The molecular formula is C15H19BrO3. The maximum atomic E-state index is 12.6. The molecular weight excluding hydrogens is 308 g/mol. The fourth-order valence-electron chi connectivity index (χ4n) is 2.64. The lowest BCUT2D eigenvalue weighted by Gasteiger charge is -2.21. The number of ketones is 1. The third kappa shape index (κ3) is 3.11. The zero-order chi connectivity index (χ0) is 13.8. The van der Waals surface area contributed by atoms with Gasteiger partial charge in [-0.25, -0.2) is 0 Å². The molecule has 4 heteroatoms. The molecule has 1 aliphatic carbocycles. The lowest BCUT2D eigenvalue weighted by molar-refractivity contribution is 0.0886. The van der Waals surface area contributed by atoms with Gasteiger partial charge >= 0.3 is 0 Å². The molecule has 0 N–H and O–H groups in total. The average molecular weight is 327 g/mol. The van der Waals surface area contributed by atoms with E-state index in [1.807, 2.05) is 6.07 Å². The first kappa shape index (κ1) is 14.4. The first-order valence-electron chi connectivity index (χ1n) is 6.63. The third-order valence-corrected chi connectivity index (χ3v) is 4.34. The molecule has 19 heavy (non-hydrogen) atoms. The van der Waals surface area contributed by atoms with Crippen molar-refractivity contribution in [2.75, 3.05) is 14.2 Å². The minimum absolute atomic E-state index is 0.142. The third-order valence-electron chi connectivity index (χ3n) is 3.72. The minimum Gasteiger partial charge on any atom is -0.496 e. The Hall–Kier alpha value is -1.03. The molecule has 104 valence electrons. The standard InChI is InChI=1S/C15H19BrO3/c1-18-13-9-14(19-2)12(16)8-11(13)15(17)10-6-4-3-5-7-10/h8-10H,3-7H2,1-2H3. The Morgan fingerprint density at radius 3 is 2.32 bits per heavy atom. The van der Waals surface area contributed by atoms with Gasteiger partial charge in [0.15, 0.2) is 5.78 Å². The van der Waals surface area contributed by atoms with Crippen molar-refractivity contribution >= 4 is 21.7 Å². The lowest BCUT2D eigenvalue weighted by Crippen LogP contribution is -2.18. The molecule has 0 bridgehead atoms. The highest BCUT2D eigenvalue weighted by molar-refractivity contribution is 9.10. The van der Waals surface area contributed by atoms with Gasteiger partial charge in [0.05, 0.1) is 24.3 Å². The van der Waals surface area contributed by atoms with Crippen molar-refractivity contribution in [2.24, 2.45) is 5.92 Å². The monoisotopic (exact) mass is 326 g/mol. The molecule has 2 rings (SSSR count). The van der Waals surface area contributed by atoms with E-state index in [-0.39, 0.29) is 11.7 Å². The van der Waals surface area contributed by atoms with Gasteiger partial charge < -0.3 is 9.47 Å². The van der Waals surface area contributed by atoms with Gasteiger partial charge in [0.2, 0.25) is 0 Å². The minimum atomic E-state index is 0.142. The number of carbonyl (C=O) groups excluding carboxylic acids is 1. The maximum absolute atomic E-state index is 12.6. The van der Waals surface area contributed by atoms with Gasteiger partial charge in [-0.15, -0.1) is 0 Å². The summed E-state index contributed by atoms with van der Waals surface area (Å²) in [6.45, 7) is 0. The van der Waals surface area contributed by atoms with Crippen LogP contribution in [0.15, 0.2) is 16.6 Å². The summed E-state index contributed by atoms with van der Waals surface area (Å²) in [5.41, 5.74) is 0.655. The molecule has 1 aromatic carbocycles. The number of methoxy groups -OCH3 is 2. The van der Waals surface area contributed by atoms with Gasteiger partial charge in [-0.1, -0.05) is 19.3 Å². The van der Waals surface area contributed by atoms with Gasteiger partial charge in [0.1, 0.15) is 11.5 Å². The highest BCUT2D eigenvalue weighted by Gasteiger charge is 2.25. The highest BCUT2D eigenvalue weighted by atomic mass is 79.9. The molecule has 3 nitrogen and oxygen atoms in total. The molecule has 0 radical (unpaired) electrons. The number of halogens is 1. The molecule has 0 aliphatic heterocycles. The van der Waals surface area contributed by atoms with Crippen molar-refractivity contribution in [2.45, 2.75) is 32.1 Å². The van der Waals surface area contributed by atoms with Crippen LogP contribution in [0.5, 0.6) is 11.5 Å². The van der Waals surface area contributed by atoms with Gasteiger partial charge in [-0.05, 0) is 34.8 Å². The van der Waals surface area contributed by atoms with E-state index in [0.29, 0.717) is 17.1 Å². The molecule has 1 aromatic rings. The van der Waals surface area contributed by atoms with Crippen LogP contribution in [0.25, 0.3) is 0 Å². The Morgan fingerprint density at radius 2 is 1.74 bits per heavy atom. The molecule has 0 heterocycles. The maximum Gasteiger partial charge on any atom is 0.169 e. The number of ether oxygens (including phenoxy) is 2. The van der Waals surface area contributed by atoms with E-state index >= 15 is 0 Å². The van der Waals surface area contributed by atoms with E-state index in [4.69, 9.17) is 9.47 Å². The van der Waals surface area contributed by atoms with Crippen molar-refractivity contribution in [1.82, 2.24) is 0 Å². The second kappa shape index (κ2) is 6.42. The van der Waals surface area contributed by atoms with Crippen LogP contribution < -0.4 is 9.47 Å². The fourth-order valence-corrected chi connectivity index (χ4v) is 3.14. The number of hydrogen-bond acceptors (Lipinski definition) is 3. The molecule has 0 spiro atoms. The topological polar surface area (TPSA) is 35.5 Å². The quantitative estimate of drug-likeness (QED) is 0.777. The first-order valence-corrected chi connectivity index (χ1v) is 7.42. The number of benzene rings is 1. The Balaban J connectivity index is 2.32. The van der Waals surface area contributed by atoms with E-state index in [0.717, 1.165) is 30.2 Å². The summed E-state index contributed by atoms with van der Waals surface area (Å²) in [7, 11) is 3.18. The van der Waals surface area contributed by atoms with Crippen LogP contribution in [0, 0.1) is 5.92 Å². The fraction of sp³-hybridized carbons (Fsp3) is 0.533. The van der Waals surface area contributed by atoms with E-state index in [1.165, 1.54) is 6.42 Å². The van der Waals surface area contributed by atoms with E-state index in [1.54, 1.807) is 20.3 Å². The number of Topliss-reactive ketones (excluding diaryl/α,β-unsaturated/α-hetero) is 1. The van der Waals surface area contributed by atoms with Crippen molar-refractivity contribution in [3.05, 3.63) is 22.2 Å². The molecule has 0 atom stereocenters. The van der Waals surface area contributed by atoms with E-state index in [2.05, 4.69) is 15.9 Å². The molecule has 1 aliphatic rings. The van der Waals surface area contributed by atoms with E-state index in [9.17, 15) is 4.79 Å². The highest BCUT2D eigenvalue weighted by Crippen LogP contribution is 2.36. The smallest absolute Gasteiger partial charge is 0.169 e. The van der Waals surface area contributed by atoms with Gasteiger partial charge in [-0.3, -0.25) is 4.79 Å². The van der Waals surface area contributed by atoms with Crippen LogP contribution in [0.3, 0.4) is 0 Å². The summed E-state index contributed by atoms with van der Waals surface area (Å²) >= 11 is 3.43. The second-order valence-corrected chi connectivity index (χ2v) is 5.74. The Kier molecular flexibility index (Phi) is 4.86. The average Bonchev–Trinajstić information content (AvgIpc) is 2.47. The molecule has 1 fully saturated rings. The van der Waals surface area contributed by atoms with Crippen LogP contribution >= 0.6 is 15.9 Å². The molecule has 0 amide bonds. The first-order chi connectivity index (χ1) is 9.17. The van der Waals surface area contributed by atoms with Gasteiger partial charge in [-0.2, -0.15) is 0 Å². The van der Waals surface area contributed by atoms with Crippen molar-refractivity contribution in [3.8, 4) is 11.5 Å². The van der Waals surface area contributed by atoms with Crippen LogP contribution in [0.1, 0.15) is 42.5 Å². The van der Waals surface area contributed by atoms with Crippen LogP contribution in [0.4, 0.5) is 0 Å². The number of carbonyl (C=O) groups is 1. The molecule has 0 saturated heterocycles. The lowest BCUT2D eigenvalue weighted by atomic mass is 9.83. The van der Waals surface area contributed by atoms with Gasteiger partial charge in [0.25, 0.3) is 0 Å². The Labute approximate surface area is 122 Å². The largest absolute Gasteiger partial charge is 0.496 e. The predicted molar refractivity (Wildman–Crippen MR) is 78.2 cm³/mol. The summed E-state index contributed by atoms with van der Waals surface area (Å²) < 4.78 is 11.3. The molecule has 0 aromatic heterocycles.